The molecule has 0 rings (SSSR count). The Morgan fingerprint density at radius 2 is 1.00 bits per heavy atom. The van der Waals surface area contributed by atoms with E-state index in [9.17, 15) is 0 Å². The van der Waals surface area contributed by atoms with E-state index < -0.39 is 0 Å². The second-order valence-corrected chi connectivity index (χ2v) is 0. The Kier molecular flexibility index (Phi) is 114. The Labute approximate surface area is 88.4 Å². The molecule has 0 aliphatic carbocycles. The summed E-state index contributed by atoms with van der Waals surface area (Å²) in [6, 6.07) is 0. The second kappa shape index (κ2) is 16.5. The molecule has 0 spiro atoms. The zero-order valence-electron chi connectivity index (χ0n) is 2.57. The second-order valence-electron chi connectivity index (χ2n) is 0. The van der Waals surface area contributed by atoms with E-state index in [4.69, 9.17) is 0 Å². The molecule has 0 unspecified atom stereocenters. The van der Waals surface area contributed by atoms with Crippen molar-refractivity contribution >= 4 is 70.7 Å². The van der Waals surface area contributed by atoms with Gasteiger partial charge in [0.05, 0.1) is 0 Å². The van der Waals surface area contributed by atoms with Crippen molar-refractivity contribution in [3.8, 4) is 0 Å². The molecule has 0 heterocycles. The van der Waals surface area contributed by atoms with Gasteiger partial charge in [-0.25, -0.2) is 0 Å². The van der Waals surface area contributed by atoms with Gasteiger partial charge in [0.15, 0.2) is 0 Å². The van der Waals surface area contributed by atoms with Crippen molar-refractivity contribution in [1.82, 2.24) is 0 Å². The summed E-state index contributed by atoms with van der Waals surface area (Å²) in [7, 11) is 0. The van der Waals surface area contributed by atoms with Gasteiger partial charge in [0.1, 0.15) is 0 Å². The van der Waals surface area contributed by atoms with E-state index in [0.717, 1.165) is 0 Å². The van der Waals surface area contributed by atoms with Crippen LogP contribution in [0.2, 0.25) is 0 Å². The molecule has 0 fully saturated rings. The molecule has 0 aromatic rings. The van der Waals surface area contributed by atoms with Crippen molar-refractivity contribution in [3.05, 3.63) is 0 Å². The Hall–Kier alpha value is 3.08. The van der Waals surface area contributed by atoms with E-state index in [1.54, 1.807) is 0 Å². The minimum atomic E-state index is 0. The SMILES string of the molecule is [Ca].[Mg].[P].[Zn]. The number of hydrogen-bond donors (Lipinski definition) is 0. The largest absolute Gasteiger partial charge is 0 e. The fourth-order valence-electron chi connectivity index (χ4n) is 0. The van der Waals surface area contributed by atoms with Gasteiger partial charge >= 0.3 is 0 Å². The fourth-order valence-corrected chi connectivity index (χ4v) is 0. The summed E-state index contributed by atoms with van der Waals surface area (Å²) in [5, 5.41) is 0. The zero-order chi connectivity index (χ0) is 0. The normalized spacial score (nSPS) is 0. The summed E-state index contributed by atoms with van der Waals surface area (Å²) in [5.41, 5.74) is 0. The molecule has 0 N–H and O–H groups in total. The van der Waals surface area contributed by atoms with E-state index in [-0.39, 0.29) is 90.2 Å². The van der Waals surface area contributed by atoms with Gasteiger partial charge in [-0.15, -0.1) is 0 Å². The Morgan fingerprint density at radius 3 is 1.00 bits per heavy atom. The van der Waals surface area contributed by atoms with Gasteiger partial charge in [-0.1, -0.05) is 0 Å². The van der Waals surface area contributed by atoms with Crippen LogP contribution in [0.3, 0.4) is 0 Å². The standard InChI is InChI=1S/Ca.Mg.P.Zn. The first-order valence-electron chi connectivity index (χ1n) is 0. The molecule has 0 aromatic heterocycles. The molecule has 4 heteroatoms. The van der Waals surface area contributed by atoms with Crippen LogP contribution in [-0.4, -0.2) is 60.8 Å². The maximum absolute atomic E-state index is 0. The van der Waals surface area contributed by atoms with Gasteiger partial charge in [-0.2, -0.15) is 0 Å². The molecule has 0 amide bonds. The average Bonchev–Trinajstić information content (AvgIpc) is 0. The van der Waals surface area contributed by atoms with E-state index in [1.165, 1.54) is 0 Å². The van der Waals surface area contributed by atoms with Gasteiger partial charge in [0, 0.05) is 90.2 Å². The number of rotatable bonds is 0. The van der Waals surface area contributed by atoms with Crippen LogP contribution in [-0.2, 0) is 19.5 Å². The van der Waals surface area contributed by atoms with Gasteiger partial charge < -0.3 is 0 Å². The average molecular weight is 161 g/mol. The van der Waals surface area contributed by atoms with Crippen LogP contribution in [0.15, 0.2) is 0 Å². The fraction of sp³-hybridized carbons (Fsp3) is 0. The van der Waals surface area contributed by atoms with Crippen molar-refractivity contribution in [2.45, 2.75) is 0 Å². The minimum absolute atomic E-state index is 0. The van der Waals surface area contributed by atoms with E-state index in [0.29, 0.717) is 0 Å². The summed E-state index contributed by atoms with van der Waals surface area (Å²) >= 11 is 0. The first-order valence-corrected chi connectivity index (χ1v) is 0. The molecule has 0 atom stereocenters. The number of hydrogen-bond acceptors (Lipinski definition) is 0. The first kappa shape index (κ1) is 27.6. The van der Waals surface area contributed by atoms with E-state index in [1.807, 2.05) is 0 Å². The Bertz CT molecular complexity index is 8.00. The van der Waals surface area contributed by atoms with Gasteiger partial charge in [0.25, 0.3) is 0 Å². The molecule has 0 saturated carbocycles. The van der Waals surface area contributed by atoms with E-state index in [2.05, 4.69) is 0 Å². The van der Waals surface area contributed by atoms with Gasteiger partial charge in [-0.05, 0) is 0 Å². The summed E-state index contributed by atoms with van der Waals surface area (Å²) < 4.78 is 0. The zero-order valence-corrected chi connectivity index (χ0v) is 10.1. The third-order valence-electron chi connectivity index (χ3n) is 0. The van der Waals surface area contributed by atoms with Crippen LogP contribution in [0.4, 0.5) is 0 Å². The quantitative estimate of drug-likeness (QED) is 0.349. The molecule has 0 bridgehead atoms. The maximum Gasteiger partial charge on any atom is 0 e. The molecule has 7 radical (unpaired) electrons. The molecule has 0 aromatic carbocycles. The summed E-state index contributed by atoms with van der Waals surface area (Å²) in [4.78, 5) is 0. The molecule has 0 saturated heterocycles. The van der Waals surface area contributed by atoms with Crippen LogP contribution in [0.25, 0.3) is 0 Å². The van der Waals surface area contributed by atoms with Crippen molar-refractivity contribution < 1.29 is 19.5 Å². The molecule has 0 nitrogen and oxygen atoms in total. The summed E-state index contributed by atoms with van der Waals surface area (Å²) in [5.74, 6) is 0. The molecule has 0 aliphatic heterocycles. The van der Waals surface area contributed by atoms with Gasteiger partial charge in [0.2, 0.25) is 0 Å². The van der Waals surface area contributed by atoms with Crippen LogP contribution < -0.4 is 0 Å². The van der Waals surface area contributed by atoms with Gasteiger partial charge in [-0.3, -0.25) is 0 Å². The summed E-state index contributed by atoms with van der Waals surface area (Å²) in [6.07, 6.45) is 0. The van der Waals surface area contributed by atoms with Crippen molar-refractivity contribution in [1.29, 1.82) is 0 Å². The van der Waals surface area contributed by atoms with Crippen molar-refractivity contribution in [2.24, 2.45) is 0 Å². The van der Waals surface area contributed by atoms with E-state index >= 15 is 0 Å². The topological polar surface area (TPSA) is 0 Å². The predicted octanol–water partition coefficient (Wildman–Crippen LogP) is 0.0971. The third kappa shape index (κ3) is 8.91. The third-order valence-corrected chi connectivity index (χ3v) is 0. The molecular formula is CaMgPZn. The molecule has 11 valence electrons. The molecule has 0 aliphatic rings. The van der Waals surface area contributed by atoms with Crippen LogP contribution in [0.5, 0.6) is 0 Å². The summed E-state index contributed by atoms with van der Waals surface area (Å²) in [6.45, 7) is 0. The maximum atomic E-state index is 0. The monoisotopic (exact) mass is 159 g/mol. The first-order chi connectivity index (χ1) is 0. The van der Waals surface area contributed by atoms with Crippen LogP contribution in [0.1, 0.15) is 0 Å². The Balaban J connectivity index is 0. The van der Waals surface area contributed by atoms with Crippen molar-refractivity contribution in [3.63, 3.8) is 0 Å². The van der Waals surface area contributed by atoms with Crippen molar-refractivity contribution in [2.75, 3.05) is 0 Å². The smallest absolute Gasteiger partial charge is 0 e. The van der Waals surface area contributed by atoms with Crippen LogP contribution in [0, 0.1) is 0 Å². The Morgan fingerprint density at radius 1 is 1.00 bits per heavy atom. The predicted molar refractivity (Wildman–Crippen MR) is 18.4 cm³/mol. The molecular weight excluding hydrogens is 161 g/mol. The minimum Gasteiger partial charge on any atom is 0 e. The molecule has 4 heavy (non-hydrogen) atoms. The van der Waals surface area contributed by atoms with Crippen LogP contribution >= 0.6 is 9.90 Å².